The minimum Gasteiger partial charge on any atom is -0.505 e. The van der Waals surface area contributed by atoms with Crippen LogP contribution < -0.4 is 5.73 Å². The number of nitrogens with two attached hydrogens (primary N) is 1. The van der Waals surface area contributed by atoms with Gasteiger partial charge in [-0.3, -0.25) is 13.7 Å². The van der Waals surface area contributed by atoms with E-state index in [1.807, 2.05) is 0 Å². The third kappa shape index (κ3) is 4.60. The third-order valence-electron chi connectivity index (χ3n) is 5.10. The number of phenolic OH excluding ortho intramolecular Hbond substituents is 1. The molecule has 6 N–H and O–H groups in total. The van der Waals surface area contributed by atoms with Gasteiger partial charge in [0.15, 0.2) is 5.75 Å². The molecule has 0 aliphatic carbocycles. The van der Waals surface area contributed by atoms with Crippen molar-refractivity contribution in [3.8, 4) is 5.75 Å². The maximum Gasteiger partial charge on any atom is 0.297 e. The molecule has 0 aliphatic rings. The molecule has 0 amide bonds. The Balaban J connectivity index is 2.04. The highest BCUT2D eigenvalue weighted by molar-refractivity contribution is 7.86. The topological polar surface area (TPSA) is 234 Å². The highest BCUT2D eigenvalue weighted by Crippen LogP contribution is 2.43. The van der Waals surface area contributed by atoms with Crippen molar-refractivity contribution < 1.29 is 44.0 Å². The molecule has 0 atom stereocenters. The first-order valence-electron chi connectivity index (χ1n) is 9.54. The summed E-state index contributed by atoms with van der Waals surface area (Å²) in [7, 11) is -14.8. The quantitative estimate of drug-likeness (QED) is 0.136. The fraction of sp³-hybridized carbons (Fsp3) is 0. The Bertz CT molecular complexity index is 1940. The van der Waals surface area contributed by atoms with E-state index in [-0.39, 0.29) is 27.2 Å². The summed E-state index contributed by atoms with van der Waals surface area (Å²) in [6.45, 7) is 0. The molecular formula is C20H15N3O10S3. The Morgan fingerprint density at radius 3 is 1.92 bits per heavy atom. The molecule has 4 rings (SSSR count). The van der Waals surface area contributed by atoms with E-state index in [0.29, 0.717) is 0 Å². The highest BCUT2D eigenvalue weighted by atomic mass is 32.2. The Morgan fingerprint density at radius 1 is 0.667 bits per heavy atom. The van der Waals surface area contributed by atoms with Crippen LogP contribution in [0.3, 0.4) is 0 Å². The predicted molar refractivity (Wildman–Crippen MR) is 128 cm³/mol. The number of benzene rings is 4. The molecule has 0 aliphatic heterocycles. The Morgan fingerprint density at radius 2 is 1.31 bits per heavy atom. The van der Waals surface area contributed by atoms with Crippen LogP contribution in [-0.2, 0) is 30.4 Å². The summed E-state index contributed by atoms with van der Waals surface area (Å²) in [6, 6.07) is 10.3. The second kappa shape index (κ2) is 8.47. The van der Waals surface area contributed by atoms with E-state index >= 15 is 0 Å². The lowest BCUT2D eigenvalue weighted by Crippen LogP contribution is -2.03. The van der Waals surface area contributed by atoms with E-state index in [4.69, 9.17) is 5.73 Å². The molecule has 36 heavy (non-hydrogen) atoms. The van der Waals surface area contributed by atoms with Crippen LogP contribution in [0.15, 0.2) is 79.5 Å². The molecule has 0 unspecified atom stereocenters. The first-order valence-corrected chi connectivity index (χ1v) is 13.9. The van der Waals surface area contributed by atoms with Crippen molar-refractivity contribution in [1.29, 1.82) is 0 Å². The fourth-order valence-corrected chi connectivity index (χ4v) is 5.83. The van der Waals surface area contributed by atoms with Crippen molar-refractivity contribution >= 4 is 69.0 Å². The molecule has 13 nitrogen and oxygen atoms in total. The lowest BCUT2D eigenvalue weighted by atomic mass is 10.1. The zero-order chi connectivity index (χ0) is 26.6. The molecule has 188 valence electrons. The number of fused-ring (bicyclic) bond motifs is 2. The minimum absolute atomic E-state index is 0.0804. The van der Waals surface area contributed by atoms with Crippen molar-refractivity contribution in [2.45, 2.75) is 14.7 Å². The van der Waals surface area contributed by atoms with Gasteiger partial charge in [0, 0.05) is 21.8 Å². The van der Waals surface area contributed by atoms with Gasteiger partial charge in [-0.2, -0.15) is 25.3 Å². The van der Waals surface area contributed by atoms with E-state index in [9.17, 15) is 44.0 Å². The van der Waals surface area contributed by atoms with Crippen molar-refractivity contribution in [2.24, 2.45) is 10.2 Å². The Kier molecular flexibility index (Phi) is 5.98. The lowest BCUT2D eigenvalue weighted by molar-refractivity contribution is 0.472. The number of hydrogen-bond acceptors (Lipinski definition) is 10. The number of nitrogens with zero attached hydrogens (tertiary/aromatic N) is 2. The number of anilines is 1. The van der Waals surface area contributed by atoms with Crippen LogP contribution >= 0.6 is 0 Å². The van der Waals surface area contributed by atoms with Gasteiger partial charge in [0.25, 0.3) is 30.4 Å². The summed E-state index contributed by atoms with van der Waals surface area (Å²) in [4.78, 5) is -2.42. The van der Waals surface area contributed by atoms with E-state index in [1.54, 1.807) is 0 Å². The summed E-state index contributed by atoms with van der Waals surface area (Å²) < 4.78 is 101. The van der Waals surface area contributed by atoms with Crippen molar-refractivity contribution in [2.75, 3.05) is 5.73 Å². The number of nitrogen functional groups attached to an aromatic ring is 1. The van der Waals surface area contributed by atoms with Crippen LogP contribution in [0, 0.1) is 0 Å². The zero-order valence-corrected chi connectivity index (χ0v) is 20.1. The first kappa shape index (κ1) is 25.4. The summed E-state index contributed by atoms with van der Waals surface area (Å²) >= 11 is 0. The normalized spacial score (nSPS) is 13.1. The summed E-state index contributed by atoms with van der Waals surface area (Å²) in [5.41, 5.74) is 4.59. The maximum absolute atomic E-state index is 12.2. The molecule has 4 aromatic carbocycles. The summed E-state index contributed by atoms with van der Waals surface area (Å²) in [5, 5.41) is 17.5. The molecule has 0 fully saturated rings. The van der Waals surface area contributed by atoms with E-state index in [1.165, 1.54) is 18.2 Å². The molecule has 0 spiro atoms. The lowest BCUT2D eigenvalue weighted by Gasteiger charge is -2.11. The van der Waals surface area contributed by atoms with Gasteiger partial charge in [-0.05, 0) is 41.8 Å². The Hall–Kier alpha value is -3.67. The fourth-order valence-electron chi connectivity index (χ4n) is 3.63. The van der Waals surface area contributed by atoms with E-state index in [0.717, 1.165) is 36.4 Å². The van der Waals surface area contributed by atoms with E-state index in [2.05, 4.69) is 10.2 Å². The molecule has 16 heteroatoms. The smallest absolute Gasteiger partial charge is 0.297 e. The molecule has 0 saturated carbocycles. The molecule has 0 bridgehead atoms. The summed E-state index contributed by atoms with van der Waals surface area (Å²) in [6.07, 6.45) is 0. The van der Waals surface area contributed by atoms with Crippen molar-refractivity contribution in [3.63, 3.8) is 0 Å². The van der Waals surface area contributed by atoms with Crippen LogP contribution in [0.25, 0.3) is 21.5 Å². The second-order valence-corrected chi connectivity index (χ2v) is 11.6. The van der Waals surface area contributed by atoms with Gasteiger partial charge in [0.1, 0.15) is 26.1 Å². The number of azo groups is 1. The van der Waals surface area contributed by atoms with Gasteiger partial charge in [-0.1, -0.05) is 18.2 Å². The molecular weight excluding hydrogens is 538 g/mol. The van der Waals surface area contributed by atoms with E-state index < -0.39 is 62.2 Å². The standard InChI is InChI=1S/C20H15N3O10S3/c21-11-4-5-12-10(8-11)9-17(35(28,29)30)18(19(12)24)23-22-15-7-6-13-14(20(15)36(31,32)33)2-1-3-16(13)34(25,26)27/h1-9,24H,21H2,(H,25,26,27)(H,28,29,30)(H,31,32,33). The van der Waals surface area contributed by atoms with Gasteiger partial charge >= 0.3 is 0 Å². The molecule has 0 saturated heterocycles. The van der Waals surface area contributed by atoms with Gasteiger partial charge in [0.05, 0.1) is 0 Å². The molecule has 0 aromatic heterocycles. The van der Waals surface area contributed by atoms with Crippen LogP contribution in [0.1, 0.15) is 0 Å². The van der Waals surface area contributed by atoms with Gasteiger partial charge in [-0.15, -0.1) is 10.2 Å². The molecule has 0 radical (unpaired) electrons. The van der Waals surface area contributed by atoms with Crippen LogP contribution in [0.2, 0.25) is 0 Å². The SMILES string of the molecule is Nc1ccc2c(O)c(N=Nc3ccc4c(S(=O)(=O)O)cccc4c3S(=O)(=O)O)c(S(=O)(=O)O)cc2c1. The minimum atomic E-state index is -5.09. The Labute approximate surface area is 203 Å². The van der Waals surface area contributed by atoms with Gasteiger partial charge in [-0.25, -0.2) is 0 Å². The first-order chi connectivity index (χ1) is 16.6. The van der Waals surface area contributed by atoms with Crippen molar-refractivity contribution in [3.05, 3.63) is 54.6 Å². The zero-order valence-electron chi connectivity index (χ0n) is 17.6. The van der Waals surface area contributed by atoms with Crippen LogP contribution in [-0.4, -0.2) is 44.0 Å². The van der Waals surface area contributed by atoms with Gasteiger partial charge in [0.2, 0.25) is 0 Å². The third-order valence-corrected chi connectivity index (χ3v) is 7.82. The number of rotatable bonds is 5. The predicted octanol–water partition coefficient (Wildman–Crippen LogP) is 3.44. The van der Waals surface area contributed by atoms with Gasteiger partial charge < -0.3 is 10.8 Å². The number of aromatic hydroxyl groups is 1. The second-order valence-electron chi connectivity index (χ2n) is 7.44. The monoisotopic (exact) mass is 553 g/mol. The number of phenols is 1. The summed E-state index contributed by atoms with van der Waals surface area (Å²) in [5.74, 6) is -0.730. The molecule has 0 heterocycles. The van der Waals surface area contributed by atoms with Crippen LogP contribution in [0.4, 0.5) is 17.1 Å². The van der Waals surface area contributed by atoms with Crippen molar-refractivity contribution in [1.82, 2.24) is 0 Å². The average molecular weight is 554 g/mol. The largest absolute Gasteiger partial charge is 0.505 e. The average Bonchev–Trinajstić information content (AvgIpc) is 2.75. The molecule has 4 aromatic rings. The highest BCUT2D eigenvalue weighted by Gasteiger charge is 2.25. The maximum atomic E-state index is 12.2. The number of hydrogen-bond donors (Lipinski definition) is 5. The van der Waals surface area contributed by atoms with Crippen LogP contribution in [0.5, 0.6) is 5.75 Å².